The summed E-state index contributed by atoms with van der Waals surface area (Å²) in [6.45, 7) is 4.13. The summed E-state index contributed by atoms with van der Waals surface area (Å²) in [5.74, 6) is 0.768. The Balaban J connectivity index is 3.06. The first-order valence-electron chi connectivity index (χ1n) is 5.51. The summed E-state index contributed by atoms with van der Waals surface area (Å²) < 4.78 is 13.4. The predicted molar refractivity (Wildman–Crippen MR) is 73.8 cm³/mol. The zero-order valence-electron chi connectivity index (χ0n) is 9.94. The van der Waals surface area contributed by atoms with E-state index in [1.807, 2.05) is 6.07 Å². The summed E-state index contributed by atoms with van der Waals surface area (Å²) in [5, 5.41) is 0.174. The monoisotopic (exact) mass is 296 g/mol. The van der Waals surface area contributed by atoms with Gasteiger partial charge in [0.2, 0.25) is 0 Å². The molecule has 1 rings (SSSR count). The van der Waals surface area contributed by atoms with E-state index in [1.165, 1.54) is 6.07 Å². The topological polar surface area (TPSA) is 0 Å². The SMILES string of the molecule is CC(C)C(CCl)(CCl)Cc1cccc(F)c1Cl. The Kier molecular flexibility index (Phi) is 5.56. The molecule has 0 saturated heterocycles. The van der Waals surface area contributed by atoms with Crippen molar-refractivity contribution in [2.45, 2.75) is 20.3 Å². The number of rotatable bonds is 5. The minimum Gasteiger partial charge on any atom is -0.205 e. The average molecular weight is 298 g/mol. The van der Waals surface area contributed by atoms with Gasteiger partial charge in [0, 0.05) is 17.2 Å². The zero-order chi connectivity index (χ0) is 13.1. The molecule has 0 bridgehead atoms. The lowest BCUT2D eigenvalue weighted by molar-refractivity contribution is 0.258. The van der Waals surface area contributed by atoms with E-state index in [2.05, 4.69) is 13.8 Å². The van der Waals surface area contributed by atoms with Crippen LogP contribution in [-0.2, 0) is 6.42 Å². The number of halogens is 4. The molecule has 0 aliphatic heterocycles. The van der Waals surface area contributed by atoms with E-state index in [4.69, 9.17) is 34.8 Å². The van der Waals surface area contributed by atoms with E-state index in [-0.39, 0.29) is 10.4 Å². The second-order valence-corrected chi connectivity index (χ2v) is 5.59. The van der Waals surface area contributed by atoms with Crippen molar-refractivity contribution in [3.63, 3.8) is 0 Å². The highest BCUT2D eigenvalue weighted by atomic mass is 35.5. The van der Waals surface area contributed by atoms with Crippen molar-refractivity contribution in [2.24, 2.45) is 11.3 Å². The highest BCUT2D eigenvalue weighted by Gasteiger charge is 2.33. The van der Waals surface area contributed by atoms with Crippen molar-refractivity contribution >= 4 is 34.8 Å². The molecule has 0 atom stereocenters. The highest BCUT2D eigenvalue weighted by molar-refractivity contribution is 6.31. The molecular formula is C13H16Cl3F. The molecular weight excluding hydrogens is 281 g/mol. The minimum atomic E-state index is -0.397. The van der Waals surface area contributed by atoms with Crippen LogP contribution in [0, 0.1) is 17.2 Å². The highest BCUT2D eigenvalue weighted by Crippen LogP contribution is 2.36. The molecule has 0 fully saturated rings. The molecule has 4 heteroatoms. The lowest BCUT2D eigenvalue weighted by Gasteiger charge is -2.34. The lowest BCUT2D eigenvalue weighted by atomic mass is 9.76. The average Bonchev–Trinajstić information content (AvgIpc) is 2.31. The molecule has 0 amide bonds. The summed E-state index contributed by atoms with van der Waals surface area (Å²) in [4.78, 5) is 0. The van der Waals surface area contributed by atoms with Gasteiger partial charge in [-0.2, -0.15) is 0 Å². The van der Waals surface area contributed by atoms with Crippen molar-refractivity contribution in [3.05, 3.63) is 34.6 Å². The van der Waals surface area contributed by atoms with Crippen LogP contribution in [0.5, 0.6) is 0 Å². The fourth-order valence-corrected chi connectivity index (χ4v) is 2.99. The summed E-state index contributed by atoms with van der Waals surface area (Å²) in [6.07, 6.45) is 0.592. The van der Waals surface area contributed by atoms with E-state index < -0.39 is 5.82 Å². The fourth-order valence-electron chi connectivity index (χ4n) is 1.71. The van der Waals surface area contributed by atoms with Crippen molar-refractivity contribution in [1.82, 2.24) is 0 Å². The summed E-state index contributed by atoms with van der Waals surface area (Å²) in [6, 6.07) is 4.83. The van der Waals surface area contributed by atoms with Gasteiger partial charge in [-0.05, 0) is 24.0 Å². The largest absolute Gasteiger partial charge is 0.205 e. The van der Waals surface area contributed by atoms with Crippen LogP contribution in [0.3, 0.4) is 0 Å². The molecule has 0 aliphatic carbocycles. The van der Waals surface area contributed by atoms with Crippen LogP contribution in [0.1, 0.15) is 19.4 Å². The Hall–Kier alpha value is 0.0200. The second-order valence-electron chi connectivity index (χ2n) is 4.67. The Morgan fingerprint density at radius 2 is 1.82 bits per heavy atom. The molecule has 0 unspecified atom stereocenters. The van der Waals surface area contributed by atoms with E-state index in [0.717, 1.165) is 5.56 Å². The molecule has 0 nitrogen and oxygen atoms in total. The fraction of sp³-hybridized carbons (Fsp3) is 0.538. The quantitative estimate of drug-likeness (QED) is 0.660. The molecule has 1 aromatic carbocycles. The van der Waals surface area contributed by atoms with Gasteiger partial charge in [0.05, 0.1) is 5.02 Å². The van der Waals surface area contributed by atoms with Gasteiger partial charge in [-0.25, -0.2) is 4.39 Å². The van der Waals surface area contributed by atoms with Crippen molar-refractivity contribution in [1.29, 1.82) is 0 Å². The summed E-state index contributed by atoms with van der Waals surface area (Å²) in [5.41, 5.74) is 0.516. The van der Waals surface area contributed by atoms with Crippen molar-refractivity contribution < 1.29 is 4.39 Å². The number of hydrogen-bond acceptors (Lipinski definition) is 0. The van der Waals surface area contributed by atoms with Gasteiger partial charge in [0.25, 0.3) is 0 Å². The zero-order valence-corrected chi connectivity index (χ0v) is 12.2. The first kappa shape index (κ1) is 15.1. The van der Waals surface area contributed by atoms with Crippen LogP contribution in [0.2, 0.25) is 5.02 Å². The third kappa shape index (κ3) is 3.27. The van der Waals surface area contributed by atoms with E-state index in [1.54, 1.807) is 6.07 Å². The maximum atomic E-state index is 13.4. The predicted octanol–water partition coefficient (Wildman–Crippen LogP) is 5.14. The van der Waals surface area contributed by atoms with Gasteiger partial charge >= 0.3 is 0 Å². The van der Waals surface area contributed by atoms with Gasteiger partial charge in [0.15, 0.2) is 0 Å². The smallest absolute Gasteiger partial charge is 0.142 e. The second kappa shape index (κ2) is 6.26. The third-order valence-electron chi connectivity index (χ3n) is 3.33. The molecule has 0 N–H and O–H groups in total. The van der Waals surface area contributed by atoms with Crippen LogP contribution in [-0.4, -0.2) is 11.8 Å². The van der Waals surface area contributed by atoms with Crippen molar-refractivity contribution in [2.75, 3.05) is 11.8 Å². The molecule has 0 heterocycles. The van der Waals surface area contributed by atoms with Crippen LogP contribution in [0.4, 0.5) is 4.39 Å². The van der Waals surface area contributed by atoms with Crippen LogP contribution >= 0.6 is 34.8 Å². The van der Waals surface area contributed by atoms with Crippen LogP contribution < -0.4 is 0 Å². The maximum Gasteiger partial charge on any atom is 0.142 e. The van der Waals surface area contributed by atoms with Crippen LogP contribution in [0.15, 0.2) is 18.2 Å². The van der Waals surface area contributed by atoms with Crippen LogP contribution in [0.25, 0.3) is 0 Å². The van der Waals surface area contributed by atoms with Gasteiger partial charge in [0.1, 0.15) is 5.82 Å². The first-order valence-corrected chi connectivity index (χ1v) is 6.96. The molecule has 96 valence electrons. The summed E-state index contributed by atoms with van der Waals surface area (Å²) in [7, 11) is 0. The standard InChI is InChI=1S/C13H16Cl3F/c1-9(2)13(7-14,8-15)6-10-4-3-5-11(17)12(10)16/h3-5,9H,6-8H2,1-2H3. The molecule has 0 aromatic heterocycles. The van der Waals surface area contributed by atoms with E-state index in [9.17, 15) is 4.39 Å². The Labute approximate surface area is 117 Å². The molecule has 0 radical (unpaired) electrons. The first-order chi connectivity index (χ1) is 7.96. The molecule has 1 aromatic rings. The van der Waals surface area contributed by atoms with Gasteiger partial charge in [-0.3, -0.25) is 0 Å². The third-order valence-corrected chi connectivity index (χ3v) is 4.82. The molecule has 0 aliphatic rings. The van der Waals surface area contributed by atoms with Crippen molar-refractivity contribution in [3.8, 4) is 0 Å². The normalized spacial score (nSPS) is 12.2. The number of hydrogen-bond donors (Lipinski definition) is 0. The van der Waals surface area contributed by atoms with E-state index in [0.29, 0.717) is 24.1 Å². The molecule has 17 heavy (non-hydrogen) atoms. The Morgan fingerprint density at radius 3 is 2.29 bits per heavy atom. The van der Waals surface area contributed by atoms with Gasteiger partial charge in [-0.1, -0.05) is 37.6 Å². The molecule has 0 saturated carbocycles. The molecule has 0 spiro atoms. The van der Waals surface area contributed by atoms with Gasteiger partial charge in [-0.15, -0.1) is 23.2 Å². The minimum absolute atomic E-state index is 0.174. The van der Waals surface area contributed by atoms with E-state index >= 15 is 0 Å². The lowest BCUT2D eigenvalue weighted by Crippen LogP contribution is -2.34. The van der Waals surface area contributed by atoms with Gasteiger partial charge < -0.3 is 0 Å². The number of alkyl halides is 2. The Morgan fingerprint density at radius 1 is 1.24 bits per heavy atom. The Bertz CT molecular complexity index is 373. The maximum absolute atomic E-state index is 13.4. The number of benzene rings is 1. The summed E-state index contributed by atoms with van der Waals surface area (Å²) >= 11 is 18.0.